The van der Waals surface area contributed by atoms with E-state index in [1.54, 1.807) is 32.9 Å². The minimum atomic E-state index is -1.21. The Kier molecular flexibility index (Phi) is 5.24. The molecule has 1 aromatic heterocycles. The Morgan fingerprint density at radius 2 is 2.19 bits per heavy atom. The van der Waals surface area contributed by atoms with Gasteiger partial charge in [0.15, 0.2) is 0 Å². The highest BCUT2D eigenvalue weighted by Crippen LogP contribution is 2.10. The third-order valence-electron chi connectivity index (χ3n) is 2.41. The summed E-state index contributed by atoms with van der Waals surface area (Å²) in [5, 5.41) is 20.4. The summed E-state index contributed by atoms with van der Waals surface area (Å²) in [5.74, 6) is -1.21. The molecule has 7 nitrogen and oxygen atoms in total. The van der Waals surface area contributed by atoms with Gasteiger partial charge in [0.25, 0.3) is 0 Å². The van der Waals surface area contributed by atoms with Gasteiger partial charge in [0.2, 0.25) is 0 Å². The summed E-state index contributed by atoms with van der Waals surface area (Å²) in [6.07, 6.45) is 0.571. The Morgan fingerprint density at radius 3 is 2.71 bits per heavy atom. The molecule has 0 aromatic carbocycles. The van der Waals surface area contributed by atoms with Gasteiger partial charge in [-0.15, -0.1) is 0 Å². The van der Waals surface area contributed by atoms with Gasteiger partial charge in [0.05, 0.1) is 0 Å². The van der Waals surface area contributed by atoms with Crippen LogP contribution in [-0.4, -0.2) is 33.8 Å². The molecular weight excluding hydrogens is 274 g/mol. The topological polar surface area (TPSA) is 112 Å². The van der Waals surface area contributed by atoms with Gasteiger partial charge in [0.1, 0.15) is 23.4 Å². The Hall–Kier alpha value is -2.62. The summed E-state index contributed by atoms with van der Waals surface area (Å²) in [5.41, 5.74) is -0.141. The number of amides is 1. The predicted molar refractivity (Wildman–Crippen MR) is 73.4 cm³/mol. The van der Waals surface area contributed by atoms with Crippen LogP contribution in [0.25, 0.3) is 0 Å². The van der Waals surface area contributed by atoms with Crippen molar-refractivity contribution in [1.82, 2.24) is 10.3 Å². The molecule has 1 aromatic rings. The molecule has 112 valence electrons. The van der Waals surface area contributed by atoms with Crippen LogP contribution in [0, 0.1) is 11.3 Å². The van der Waals surface area contributed by atoms with Gasteiger partial charge in [0, 0.05) is 12.6 Å². The highest BCUT2D eigenvalue weighted by atomic mass is 16.6. The largest absolute Gasteiger partial charge is 0.480 e. The first-order chi connectivity index (χ1) is 9.73. The van der Waals surface area contributed by atoms with Gasteiger partial charge in [-0.05, 0) is 32.4 Å². The van der Waals surface area contributed by atoms with E-state index in [2.05, 4.69) is 10.3 Å². The molecule has 1 heterocycles. The molecule has 0 fully saturated rings. The van der Waals surface area contributed by atoms with Crippen molar-refractivity contribution in [3.63, 3.8) is 0 Å². The monoisotopic (exact) mass is 291 g/mol. The van der Waals surface area contributed by atoms with Crippen LogP contribution in [0.1, 0.15) is 32.0 Å². The van der Waals surface area contributed by atoms with Crippen molar-refractivity contribution in [3.8, 4) is 6.07 Å². The van der Waals surface area contributed by atoms with Gasteiger partial charge in [-0.25, -0.2) is 14.6 Å². The van der Waals surface area contributed by atoms with Crippen LogP contribution in [0.4, 0.5) is 4.79 Å². The van der Waals surface area contributed by atoms with Crippen molar-refractivity contribution in [2.75, 3.05) is 0 Å². The fraction of sp³-hybridized carbons (Fsp3) is 0.429. The maximum Gasteiger partial charge on any atom is 0.408 e. The second kappa shape index (κ2) is 6.70. The molecule has 7 heteroatoms. The molecule has 2 N–H and O–H groups in total. The first-order valence-electron chi connectivity index (χ1n) is 6.29. The molecular formula is C14H17N3O4. The number of alkyl carbamates (subject to hydrolysis) is 1. The predicted octanol–water partition coefficient (Wildman–Crippen LogP) is 1.47. The minimum Gasteiger partial charge on any atom is -0.480 e. The Morgan fingerprint density at radius 1 is 1.52 bits per heavy atom. The molecule has 0 saturated carbocycles. The van der Waals surface area contributed by atoms with Crippen molar-refractivity contribution in [2.24, 2.45) is 0 Å². The summed E-state index contributed by atoms with van der Waals surface area (Å²) in [6, 6.07) is 3.88. The van der Waals surface area contributed by atoms with Crippen LogP contribution in [0.2, 0.25) is 0 Å². The highest BCUT2D eigenvalue weighted by molar-refractivity contribution is 5.80. The number of carbonyl (C=O) groups is 2. The van der Waals surface area contributed by atoms with E-state index in [9.17, 15) is 14.7 Å². The van der Waals surface area contributed by atoms with Crippen molar-refractivity contribution in [2.45, 2.75) is 38.8 Å². The lowest BCUT2D eigenvalue weighted by atomic mass is 10.0. The SMILES string of the molecule is CC(C)(C)OC(=O)N[C@@H](Cc1cccnc1C#N)C(=O)O. The van der Waals surface area contributed by atoms with Crippen LogP contribution in [0.3, 0.4) is 0 Å². The second-order valence-corrected chi connectivity index (χ2v) is 5.36. The average molecular weight is 291 g/mol. The van der Waals surface area contributed by atoms with E-state index in [-0.39, 0.29) is 12.1 Å². The first-order valence-corrected chi connectivity index (χ1v) is 6.29. The van der Waals surface area contributed by atoms with Crippen LogP contribution in [-0.2, 0) is 16.0 Å². The van der Waals surface area contributed by atoms with Crippen molar-refractivity contribution in [1.29, 1.82) is 5.26 Å². The zero-order valence-electron chi connectivity index (χ0n) is 12.1. The van der Waals surface area contributed by atoms with Gasteiger partial charge in [-0.2, -0.15) is 5.26 Å². The molecule has 21 heavy (non-hydrogen) atoms. The Labute approximate surface area is 122 Å². The van der Waals surface area contributed by atoms with Crippen LogP contribution >= 0.6 is 0 Å². The molecule has 1 amide bonds. The lowest BCUT2D eigenvalue weighted by Crippen LogP contribution is -2.44. The number of hydrogen-bond donors (Lipinski definition) is 2. The molecule has 0 aliphatic heterocycles. The molecule has 0 radical (unpaired) electrons. The number of nitrogens with zero attached hydrogens (tertiary/aromatic N) is 2. The number of pyridine rings is 1. The summed E-state index contributed by atoms with van der Waals surface area (Å²) < 4.78 is 5.02. The second-order valence-electron chi connectivity index (χ2n) is 5.36. The van der Waals surface area contributed by atoms with E-state index in [0.29, 0.717) is 5.56 Å². The minimum absolute atomic E-state index is 0.0503. The number of rotatable bonds is 4. The molecule has 0 spiro atoms. The zero-order valence-corrected chi connectivity index (χ0v) is 12.1. The number of aliphatic carboxylic acids is 1. The van der Waals surface area contributed by atoms with Crippen LogP contribution in [0.5, 0.6) is 0 Å². The van der Waals surface area contributed by atoms with E-state index < -0.39 is 23.7 Å². The lowest BCUT2D eigenvalue weighted by Gasteiger charge is -2.22. The van der Waals surface area contributed by atoms with E-state index in [1.807, 2.05) is 6.07 Å². The van der Waals surface area contributed by atoms with Crippen LogP contribution < -0.4 is 5.32 Å². The average Bonchev–Trinajstić information content (AvgIpc) is 2.36. The summed E-state index contributed by atoms with van der Waals surface area (Å²) in [7, 11) is 0. The third-order valence-corrected chi connectivity index (χ3v) is 2.41. The maximum absolute atomic E-state index is 11.6. The maximum atomic E-state index is 11.6. The number of carboxylic acids is 1. The zero-order chi connectivity index (χ0) is 16.0. The third kappa shape index (κ3) is 5.48. The number of aromatic nitrogens is 1. The molecule has 0 unspecified atom stereocenters. The van der Waals surface area contributed by atoms with Gasteiger partial charge >= 0.3 is 12.1 Å². The number of nitriles is 1. The van der Waals surface area contributed by atoms with E-state index >= 15 is 0 Å². The number of hydrogen-bond acceptors (Lipinski definition) is 5. The quantitative estimate of drug-likeness (QED) is 0.868. The summed E-state index contributed by atoms with van der Waals surface area (Å²) >= 11 is 0. The van der Waals surface area contributed by atoms with Gasteiger partial charge in [-0.3, -0.25) is 0 Å². The van der Waals surface area contributed by atoms with Crippen molar-refractivity contribution in [3.05, 3.63) is 29.6 Å². The summed E-state index contributed by atoms with van der Waals surface area (Å²) in [6.45, 7) is 5.03. The number of carbonyl (C=O) groups excluding carboxylic acids is 1. The van der Waals surface area contributed by atoms with Gasteiger partial charge in [-0.1, -0.05) is 6.07 Å². The van der Waals surface area contributed by atoms with E-state index in [1.165, 1.54) is 6.20 Å². The standard InChI is InChI=1S/C14H17N3O4/c1-14(2,3)21-13(20)17-10(12(18)19)7-9-5-4-6-16-11(9)8-15/h4-6,10H,7H2,1-3H3,(H,17,20)(H,18,19)/t10-/m0/s1. The normalized spacial score (nSPS) is 12.1. The highest BCUT2D eigenvalue weighted by Gasteiger charge is 2.25. The Bertz CT molecular complexity index is 572. The first kappa shape index (κ1) is 16.4. The number of ether oxygens (including phenoxy) is 1. The van der Waals surface area contributed by atoms with E-state index in [4.69, 9.17) is 10.00 Å². The Balaban J connectivity index is 2.82. The van der Waals surface area contributed by atoms with E-state index in [0.717, 1.165) is 0 Å². The number of carboxylic acid groups (broad SMARTS) is 1. The molecule has 1 rings (SSSR count). The smallest absolute Gasteiger partial charge is 0.408 e. The molecule has 1 atom stereocenters. The number of nitrogens with one attached hydrogen (secondary N) is 1. The summed E-state index contributed by atoms with van der Waals surface area (Å²) in [4.78, 5) is 26.7. The fourth-order valence-corrected chi connectivity index (χ4v) is 1.57. The molecule has 0 aliphatic carbocycles. The molecule has 0 bridgehead atoms. The fourth-order valence-electron chi connectivity index (χ4n) is 1.57. The molecule has 0 aliphatic rings. The lowest BCUT2D eigenvalue weighted by molar-refractivity contribution is -0.139. The molecule has 0 saturated heterocycles. The van der Waals surface area contributed by atoms with Crippen molar-refractivity contribution < 1.29 is 19.4 Å². The van der Waals surface area contributed by atoms with Crippen molar-refractivity contribution >= 4 is 12.1 Å². The van der Waals surface area contributed by atoms with Gasteiger partial charge < -0.3 is 15.2 Å². The van der Waals surface area contributed by atoms with Crippen LogP contribution in [0.15, 0.2) is 18.3 Å².